The zero-order valence-corrected chi connectivity index (χ0v) is 15.5. The summed E-state index contributed by atoms with van der Waals surface area (Å²) in [5.41, 5.74) is 0.0778. The second kappa shape index (κ2) is 5.84. The minimum atomic E-state index is -1.36. The minimum absolute atomic E-state index is 0.212. The first-order valence-electron chi connectivity index (χ1n) is 8.85. The summed E-state index contributed by atoms with van der Waals surface area (Å²) in [4.78, 5) is 24.2. The highest BCUT2D eigenvalue weighted by molar-refractivity contribution is 5.94. The number of fused-ring (bicyclic) bond motifs is 2. The van der Waals surface area contributed by atoms with Gasteiger partial charge in [0.25, 0.3) is 0 Å². The molecule has 0 bridgehead atoms. The highest BCUT2D eigenvalue weighted by Gasteiger charge is 2.61. The number of esters is 2. The van der Waals surface area contributed by atoms with E-state index in [-0.39, 0.29) is 11.9 Å². The number of allylic oxidation sites excluding steroid dienone is 2. The number of hydrogen-bond donors (Lipinski definition) is 1. The van der Waals surface area contributed by atoms with E-state index in [1.807, 2.05) is 6.92 Å². The number of aliphatic hydroxyl groups is 1. The first-order valence-corrected chi connectivity index (χ1v) is 8.85. The van der Waals surface area contributed by atoms with E-state index in [2.05, 4.69) is 6.92 Å². The number of rotatable bonds is 2. The van der Waals surface area contributed by atoms with Crippen molar-refractivity contribution in [2.75, 3.05) is 0 Å². The Labute approximate surface area is 148 Å². The van der Waals surface area contributed by atoms with Crippen molar-refractivity contribution in [3.63, 3.8) is 0 Å². The van der Waals surface area contributed by atoms with Gasteiger partial charge in [0.1, 0.15) is 17.5 Å². The van der Waals surface area contributed by atoms with Crippen LogP contribution >= 0.6 is 0 Å². The lowest BCUT2D eigenvalue weighted by Crippen LogP contribution is -2.62. The van der Waals surface area contributed by atoms with Crippen molar-refractivity contribution in [3.05, 3.63) is 34.6 Å². The Morgan fingerprint density at radius 3 is 2.76 bits per heavy atom. The third-order valence-electron chi connectivity index (χ3n) is 6.51. The third kappa shape index (κ3) is 2.48. The SMILES string of the molecule is C/C=C(/C)C(=O)O[C@H]1CC[C@H](C)[C@@]2(C)CC3=C(C)C(=O)OC3=C[C@@]12O. The maximum Gasteiger partial charge on any atom is 0.339 e. The fourth-order valence-corrected chi connectivity index (χ4v) is 4.21. The van der Waals surface area contributed by atoms with Gasteiger partial charge in [-0.2, -0.15) is 0 Å². The van der Waals surface area contributed by atoms with E-state index in [0.717, 1.165) is 12.0 Å². The zero-order valence-electron chi connectivity index (χ0n) is 15.5. The molecular weight excluding hydrogens is 320 g/mol. The molecule has 0 radical (unpaired) electrons. The summed E-state index contributed by atoms with van der Waals surface area (Å²) in [5.74, 6) is -0.153. The average Bonchev–Trinajstić information content (AvgIpc) is 2.83. The number of carbonyl (C=O) groups is 2. The molecule has 1 N–H and O–H groups in total. The number of ether oxygens (including phenoxy) is 2. The predicted molar refractivity (Wildman–Crippen MR) is 92.3 cm³/mol. The Hall–Kier alpha value is -1.88. The van der Waals surface area contributed by atoms with Crippen molar-refractivity contribution >= 4 is 11.9 Å². The van der Waals surface area contributed by atoms with Crippen LogP contribution in [-0.2, 0) is 19.1 Å². The van der Waals surface area contributed by atoms with E-state index in [1.54, 1.807) is 32.9 Å². The van der Waals surface area contributed by atoms with Gasteiger partial charge in [-0.15, -0.1) is 0 Å². The van der Waals surface area contributed by atoms with Gasteiger partial charge in [0.15, 0.2) is 0 Å². The van der Waals surface area contributed by atoms with Gasteiger partial charge in [0.2, 0.25) is 0 Å². The van der Waals surface area contributed by atoms with Crippen LogP contribution in [-0.4, -0.2) is 28.8 Å². The monoisotopic (exact) mass is 346 g/mol. The van der Waals surface area contributed by atoms with Gasteiger partial charge >= 0.3 is 11.9 Å². The van der Waals surface area contributed by atoms with Crippen molar-refractivity contribution in [3.8, 4) is 0 Å². The summed E-state index contributed by atoms with van der Waals surface area (Å²) in [6.45, 7) is 9.34. The molecule has 0 aromatic rings. The van der Waals surface area contributed by atoms with E-state index in [9.17, 15) is 14.7 Å². The normalized spacial score (nSPS) is 37.9. The van der Waals surface area contributed by atoms with Gasteiger partial charge in [0.05, 0.1) is 0 Å². The zero-order chi connectivity index (χ0) is 18.6. The Kier molecular flexibility index (Phi) is 4.18. The molecule has 0 unspecified atom stereocenters. The van der Waals surface area contributed by atoms with Crippen LogP contribution in [0.15, 0.2) is 34.6 Å². The molecule has 0 aromatic carbocycles. The molecule has 3 aliphatic rings. The molecule has 2 aliphatic carbocycles. The Morgan fingerprint density at radius 1 is 1.44 bits per heavy atom. The lowest BCUT2D eigenvalue weighted by atomic mass is 9.53. The molecule has 136 valence electrons. The lowest BCUT2D eigenvalue weighted by Gasteiger charge is -2.56. The van der Waals surface area contributed by atoms with E-state index in [4.69, 9.17) is 9.47 Å². The highest BCUT2D eigenvalue weighted by atomic mass is 16.6. The van der Waals surface area contributed by atoms with Crippen LogP contribution in [0.4, 0.5) is 0 Å². The largest absolute Gasteiger partial charge is 0.456 e. The van der Waals surface area contributed by atoms with E-state index in [0.29, 0.717) is 29.7 Å². The van der Waals surface area contributed by atoms with Crippen LogP contribution in [0.25, 0.3) is 0 Å². The molecule has 25 heavy (non-hydrogen) atoms. The van der Waals surface area contributed by atoms with Crippen molar-refractivity contribution in [2.45, 2.75) is 65.6 Å². The molecule has 4 atom stereocenters. The highest BCUT2D eigenvalue weighted by Crippen LogP contribution is 2.58. The molecule has 0 saturated heterocycles. The molecule has 5 heteroatoms. The molecule has 1 saturated carbocycles. The third-order valence-corrected chi connectivity index (χ3v) is 6.51. The average molecular weight is 346 g/mol. The second-order valence-electron chi connectivity index (χ2n) is 7.77. The molecule has 0 amide bonds. The topological polar surface area (TPSA) is 72.8 Å². The first-order chi connectivity index (χ1) is 11.6. The minimum Gasteiger partial charge on any atom is -0.456 e. The predicted octanol–water partition coefficient (Wildman–Crippen LogP) is 3.19. The Balaban J connectivity index is 2.04. The summed E-state index contributed by atoms with van der Waals surface area (Å²) in [6.07, 6.45) is 4.59. The van der Waals surface area contributed by atoms with Crippen LogP contribution in [0, 0.1) is 11.3 Å². The number of hydrogen-bond acceptors (Lipinski definition) is 5. The van der Waals surface area contributed by atoms with Crippen LogP contribution in [0.2, 0.25) is 0 Å². The summed E-state index contributed by atoms with van der Waals surface area (Å²) < 4.78 is 11.0. The van der Waals surface area contributed by atoms with Gasteiger partial charge in [-0.3, -0.25) is 0 Å². The smallest absolute Gasteiger partial charge is 0.339 e. The fraction of sp³-hybridized carbons (Fsp3) is 0.600. The Bertz CT molecular complexity index is 728. The van der Waals surface area contributed by atoms with E-state index < -0.39 is 23.1 Å². The van der Waals surface area contributed by atoms with Gasteiger partial charge in [-0.25, -0.2) is 9.59 Å². The fourth-order valence-electron chi connectivity index (χ4n) is 4.21. The standard InChI is InChI=1S/C20H26O5/c1-6-11(2)17(21)25-16-8-7-12(3)19(5)9-14-13(4)18(22)24-15(14)10-20(16,19)23/h6,10,12,16,23H,7-9H2,1-5H3/b11-6-/t12-,16-,19+,20+/m0/s1. The van der Waals surface area contributed by atoms with Crippen molar-refractivity contribution < 1.29 is 24.2 Å². The van der Waals surface area contributed by atoms with Gasteiger partial charge in [-0.05, 0) is 52.0 Å². The van der Waals surface area contributed by atoms with Crippen molar-refractivity contribution in [2.24, 2.45) is 11.3 Å². The quantitative estimate of drug-likeness (QED) is 0.614. The van der Waals surface area contributed by atoms with Crippen LogP contribution in [0.1, 0.15) is 53.9 Å². The van der Waals surface area contributed by atoms with Crippen molar-refractivity contribution in [1.82, 2.24) is 0 Å². The summed E-state index contributed by atoms with van der Waals surface area (Å²) in [5, 5.41) is 11.6. The lowest BCUT2D eigenvalue weighted by molar-refractivity contribution is -0.195. The van der Waals surface area contributed by atoms with E-state index in [1.165, 1.54) is 0 Å². The molecule has 0 spiro atoms. The summed E-state index contributed by atoms with van der Waals surface area (Å²) in [6, 6.07) is 0. The first kappa shape index (κ1) is 17.9. The number of carbonyl (C=O) groups excluding carboxylic acids is 2. The molecule has 1 aliphatic heterocycles. The summed E-state index contributed by atoms with van der Waals surface area (Å²) in [7, 11) is 0. The van der Waals surface area contributed by atoms with Gasteiger partial charge in [0, 0.05) is 22.1 Å². The van der Waals surface area contributed by atoms with E-state index >= 15 is 0 Å². The summed E-state index contributed by atoms with van der Waals surface area (Å²) >= 11 is 0. The van der Waals surface area contributed by atoms with Gasteiger partial charge in [-0.1, -0.05) is 19.9 Å². The molecule has 1 fully saturated rings. The molecule has 5 nitrogen and oxygen atoms in total. The second-order valence-corrected chi connectivity index (χ2v) is 7.77. The molecular formula is C20H26O5. The van der Waals surface area contributed by atoms with Gasteiger partial charge < -0.3 is 14.6 Å². The van der Waals surface area contributed by atoms with Crippen LogP contribution < -0.4 is 0 Å². The van der Waals surface area contributed by atoms with Crippen LogP contribution in [0.5, 0.6) is 0 Å². The maximum atomic E-state index is 12.3. The maximum absolute atomic E-state index is 12.3. The molecule has 1 heterocycles. The van der Waals surface area contributed by atoms with Crippen molar-refractivity contribution in [1.29, 1.82) is 0 Å². The van der Waals surface area contributed by atoms with Crippen LogP contribution in [0.3, 0.4) is 0 Å². The Morgan fingerprint density at radius 2 is 2.12 bits per heavy atom. The molecule has 0 aromatic heterocycles. The molecule has 3 rings (SSSR count).